The molecule has 0 radical (unpaired) electrons. The number of benzene rings is 3. The molecule has 1 aliphatic rings. The summed E-state index contributed by atoms with van der Waals surface area (Å²) in [6, 6.07) is 24.0. The fraction of sp³-hybridized carbons (Fsp3) is 0.320. The largest absolute Gasteiger partial charge is 0.481 e. The number of rotatable bonds is 6. The molecular formula is C25H27NO2. The van der Waals surface area contributed by atoms with Crippen LogP contribution in [0.3, 0.4) is 0 Å². The number of nitrogens with one attached hydrogen (secondary N) is 1. The van der Waals surface area contributed by atoms with Gasteiger partial charge < -0.3 is 10.4 Å². The van der Waals surface area contributed by atoms with E-state index >= 15 is 0 Å². The molecule has 3 aromatic carbocycles. The zero-order valence-electron chi connectivity index (χ0n) is 16.3. The number of hydrogen-bond acceptors (Lipinski definition) is 2. The van der Waals surface area contributed by atoms with Crippen LogP contribution in [0.4, 0.5) is 0 Å². The Hall–Kier alpha value is -2.65. The number of hydrogen-bond donors (Lipinski definition) is 2. The summed E-state index contributed by atoms with van der Waals surface area (Å²) in [5, 5.41) is 15.5. The molecule has 0 saturated heterocycles. The Labute approximate surface area is 166 Å². The number of carbonyl (C=O) groups is 1. The molecule has 0 heterocycles. The van der Waals surface area contributed by atoms with Gasteiger partial charge in [0.15, 0.2) is 0 Å². The van der Waals surface area contributed by atoms with Gasteiger partial charge in [-0.25, -0.2) is 0 Å². The first-order valence-electron chi connectivity index (χ1n) is 10.1. The van der Waals surface area contributed by atoms with Crippen LogP contribution >= 0.6 is 0 Å². The molecule has 0 spiro atoms. The van der Waals surface area contributed by atoms with Crippen LogP contribution in [0.5, 0.6) is 0 Å². The van der Waals surface area contributed by atoms with Crippen LogP contribution in [-0.4, -0.2) is 17.1 Å². The van der Waals surface area contributed by atoms with Crippen molar-refractivity contribution in [2.24, 2.45) is 0 Å². The Morgan fingerprint density at radius 2 is 1.86 bits per heavy atom. The maximum Gasteiger partial charge on any atom is 0.307 e. The van der Waals surface area contributed by atoms with Crippen molar-refractivity contribution in [3.8, 4) is 0 Å². The molecule has 144 valence electrons. The third-order valence-corrected chi connectivity index (χ3v) is 5.99. The zero-order chi connectivity index (χ0) is 19.5. The summed E-state index contributed by atoms with van der Waals surface area (Å²) in [5.41, 5.74) is 3.52. The second-order valence-electron chi connectivity index (χ2n) is 7.98. The van der Waals surface area contributed by atoms with Gasteiger partial charge in [-0.2, -0.15) is 0 Å². The highest BCUT2D eigenvalue weighted by atomic mass is 16.4. The van der Waals surface area contributed by atoms with Crippen molar-refractivity contribution in [2.75, 3.05) is 0 Å². The molecule has 3 atom stereocenters. The van der Waals surface area contributed by atoms with Crippen molar-refractivity contribution in [2.45, 2.75) is 50.6 Å². The van der Waals surface area contributed by atoms with E-state index < -0.39 is 5.97 Å². The monoisotopic (exact) mass is 373 g/mol. The zero-order valence-corrected chi connectivity index (χ0v) is 16.3. The van der Waals surface area contributed by atoms with Crippen LogP contribution < -0.4 is 5.32 Å². The molecule has 3 heteroatoms. The lowest BCUT2D eigenvalue weighted by atomic mass is 9.94. The van der Waals surface area contributed by atoms with Crippen LogP contribution in [-0.2, 0) is 11.2 Å². The molecule has 1 fully saturated rings. The molecule has 4 rings (SSSR count). The molecular weight excluding hydrogens is 346 g/mol. The lowest BCUT2D eigenvalue weighted by molar-refractivity contribution is -0.136. The maximum absolute atomic E-state index is 11.0. The minimum Gasteiger partial charge on any atom is -0.481 e. The highest BCUT2D eigenvalue weighted by Crippen LogP contribution is 2.36. The molecule has 3 nitrogen and oxygen atoms in total. The first-order chi connectivity index (χ1) is 13.6. The van der Waals surface area contributed by atoms with Crippen molar-refractivity contribution >= 4 is 16.7 Å². The van der Waals surface area contributed by atoms with E-state index in [9.17, 15) is 4.79 Å². The van der Waals surface area contributed by atoms with Crippen molar-refractivity contribution < 1.29 is 9.90 Å². The quantitative estimate of drug-likeness (QED) is 0.604. The van der Waals surface area contributed by atoms with E-state index in [4.69, 9.17) is 5.11 Å². The van der Waals surface area contributed by atoms with Gasteiger partial charge in [-0.05, 0) is 59.6 Å². The van der Waals surface area contributed by atoms with Crippen molar-refractivity contribution in [3.63, 3.8) is 0 Å². The van der Waals surface area contributed by atoms with E-state index in [1.54, 1.807) is 0 Å². The number of fused-ring (bicyclic) bond motifs is 1. The van der Waals surface area contributed by atoms with Gasteiger partial charge in [0.2, 0.25) is 0 Å². The van der Waals surface area contributed by atoms with E-state index in [1.807, 2.05) is 12.1 Å². The van der Waals surface area contributed by atoms with E-state index in [0.717, 1.165) is 24.8 Å². The summed E-state index contributed by atoms with van der Waals surface area (Å²) >= 11 is 0. The Bertz CT molecular complexity index is 976. The predicted octanol–water partition coefficient (Wildman–Crippen LogP) is 5.45. The fourth-order valence-corrected chi connectivity index (χ4v) is 4.64. The molecule has 1 aliphatic carbocycles. The molecule has 1 saturated carbocycles. The van der Waals surface area contributed by atoms with Crippen molar-refractivity contribution in [3.05, 3.63) is 83.4 Å². The van der Waals surface area contributed by atoms with Gasteiger partial charge in [-0.1, -0.05) is 66.7 Å². The molecule has 2 unspecified atom stereocenters. The normalized spacial score (nSPS) is 20.3. The topological polar surface area (TPSA) is 49.3 Å². The summed E-state index contributed by atoms with van der Waals surface area (Å²) in [4.78, 5) is 11.0. The third kappa shape index (κ3) is 4.10. The third-order valence-electron chi connectivity index (χ3n) is 5.99. The first-order valence-corrected chi connectivity index (χ1v) is 10.1. The summed E-state index contributed by atoms with van der Waals surface area (Å²) in [7, 11) is 0. The molecule has 0 amide bonds. The van der Waals surface area contributed by atoms with Gasteiger partial charge in [0.25, 0.3) is 0 Å². The van der Waals surface area contributed by atoms with Gasteiger partial charge >= 0.3 is 5.97 Å². The summed E-state index contributed by atoms with van der Waals surface area (Å²) in [6.07, 6.45) is 3.51. The Kier molecular flexibility index (Phi) is 5.45. The van der Waals surface area contributed by atoms with E-state index in [0.29, 0.717) is 18.0 Å². The SMILES string of the molecule is CC(N[C@H]1CCC(c2cccc(CC(=O)O)c2)C1)c1cccc2ccccc12. The van der Waals surface area contributed by atoms with Crippen molar-refractivity contribution in [1.82, 2.24) is 5.32 Å². The number of carboxylic acids is 1. The minimum absolute atomic E-state index is 0.0976. The van der Waals surface area contributed by atoms with Crippen LogP contribution in [0.15, 0.2) is 66.7 Å². The molecule has 3 aromatic rings. The van der Waals surface area contributed by atoms with Gasteiger partial charge in [0, 0.05) is 12.1 Å². The number of carboxylic acid groups (broad SMARTS) is 1. The predicted molar refractivity (Wildman–Crippen MR) is 114 cm³/mol. The Morgan fingerprint density at radius 3 is 2.71 bits per heavy atom. The van der Waals surface area contributed by atoms with Crippen LogP contribution in [0.2, 0.25) is 0 Å². The minimum atomic E-state index is -0.771. The van der Waals surface area contributed by atoms with Crippen LogP contribution in [0, 0.1) is 0 Å². The fourth-order valence-electron chi connectivity index (χ4n) is 4.64. The summed E-state index contributed by atoms with van der Waals surface area (Å²) < 4.78 is 0. The number of aliphatic carboxylic acids is 1. The molecule has 0 aliphatic heterocycles. The average molecular weight is 373 g/mol. The van der Waals surface area contributed by atoms with Crippen LogP contribution in [0.25, 0.3) is 10.8 Å². The van der Waals surface area contributed by atoms with E-state index in [2.05, 4.69) is 66.8 Å². The standard InChI is InChI=1S/C25H27NO2/c1-17(23-11-5-8-19-7-2-3-10-24(19)23)26-22-13-12-21(16-22)20-9-4-6-18(14-20)15-25(27)28/h2-11,14,17,21-22,26H,12-13,15-16H2,1H3,(H,27,28)/t17?,21?,22-/m0/s1. The van der Waals surface area contributed by atoms with Gasteiger partial charge in [-0.3, -0.25) is 4.79 Å². The lowest BCUT2D eigenvalue weighted by Gasteiger charge is -2.21. The molecule has 0 bridgehead atoms. The first kappa shape index (κ1) is 18.7. The molecule has 2 N–H and O–H groups in total. The average Bonchev–Trinajstić information content (AvgIpc) is 3.16. The van der Waals surface area contributed by atoms with Gasteiger partial charge in [0.05, 0.1) is 6.42 Å². The highest BCUT2D eigenvalue weighted by Gasteiger charge is 2.27. The Balaban J connectivity index is 1.44. The lowest BCUT2D eigenvalue weighted by Crippen LogP contribution is -2.29. The molecule has 28 heavy (non-hydrogen) atoms. The van der Waals surface area contributed by atoms with Crippen LogP contribution in [0.1, 0.15) is 54.8 Å². The van der Waals surface area contributed by atoms with Crippen molar-refractivity contribution in [1.29, 1.82) is 0 Å². The smallest absolute Gasteiger partial charge is 0.307 e. The summed E-state index contributed by atoms with van der Waals surface area (Å²) in [5.74, 6) is -0.266. The second kappa shape index (κ2) is 8.15. The maximum atomic E-state index is 11.0. The summed E-state index contributed by atoms with van der Waals surface area (Å²) in [6.45, 7) is 2.25. The van der Waals surface area contributed by atoms with Gasteiger partial charge in [-0.15, -0.1) is 0 Å². The second-order valence-corrected chi connectivity index (χ2v) is 7.98. The highest BCUT2D eigenvalue weighted by molar-refractivity contribution is 5.86. The van der Waals surface area contributed by atoms with Gasteiger partial charge in [0.1, 0.15) is 0 Å². The Morgan fingerprint density at radius 1 is 1.07 bits per heavy atom. The molecule has 0 aromatic heterocycles. The van der Waals surface area contributed by atoms with E-state index in [-0.39, 0.29) is 6.42 Å². The van der Waals surface area contributed by atoms with E-state index in [1.165, 1.54) is 21.9 Å².